The Balaban J connectivity index is 1.82. The molecular weight excluding hydrogens is 310 g/mol. The standard InChI is InChI=1S/C21H23N3O/c1-15-8-13-24(14-9-15)20(17-6-11-22-12-7-17)18-5-4-16-3-2-10-23-19(16)21(18)25/h2-7,10-12,15,20,25H,8-9,13-14H2,1H3/p+1. The van der Waals surface area contributed by atoms with Gasteiger partial charge < -0.3 is 10.0 Å². The normalized spacial score (nSPS) is 22.0. The number of nitrogens with one attached hydrogen (secondary N) is 1. The van der Waals surface area contributed by atoms with Crippen LogP contribution >= 0.6 is 0 Å². The minimum atomic E-state index is 0.113. The minimum absolute atomic E-state index is 0.113. The first kappa shape index (κ1) is 16.0. The fourth-order valence-corrected chi connectivity index (χ4v) is 3.99. The van der Waals surface area contributed by atoms with Crippen molar-refractivity contribution in [3.8, 4) is 5.75 Å². The molecule has 1 aliphatic heterocycles. The molecule has 1 aromatic carbocycles. The third-order valence-corrected chi connectivity index (χ3v) is 5.45. The number of pyridine rings is 2. The highest BCUT2D eigenvalue weighted by molar-refractivity contribution is 5.85. The summed E-state index contributed by atoms with van der Waals surface area (Å²) in [6.45, 7) is 4.57. The molecule has 128 valence electrons. The predicted octanol–water partition coefficient (Wildman–Crippen LogP) is 2.74. The highest BCUT2D eigenvalue weighted by Gasteiger charge is 2.32. The zero-order chi connectivity index (χ0) is 17.2. The van der Waals surface area contributed by atoms with Gasteiger partial charge >= 0.3 is 0 Å². The van der Waals surface area contributed by atoms with Gasteiger partial charge in [-0.25, -0.2) is 0 Å². The van der Waals surface area contributed by atoms with Crippen LogP contribution in [0.3, 0.4) is 0 Å². The molecule has 25 heavy (non-hydrogen) atoms. The van der Waals surface area contributed by atoms with E-state index in [-0.39, 0.29) is 6.04 Å². The van der Waals surface area contributed by atoms with Gasteiger partial charge in [-0.3, -0.25) is 9.97 Å². The Labute approximate surface area is 148 Å². The maximum absolute atomic E-state index is 11.0. The fraction of sp³-hybridized carbons (Fsp3) is 0.333. The summed E-state index contributed by atoms with van der Waals surface area (Å²) in [7, 11) is 0. The third kappa shape index (κ3) is 3.10. The number of nitrogens with zero attached hydrogens (tertiary/aromatic N) is 2. The van der Waals surface area contributed by atoms with Crippen LogP contribution in [0, 0.1) is 5.92 Å². The van der Waals surface area contributed by atoms with Gasteiger partial charge in [0.05, 0.1) is 18.7 Å². The number of likely N-dealkylation sites (tertiary alicyclic amines) is 1. The molecule has 1 fully saturated rings. The summed E-state index contributed by atoms with van der Waals surface area (Å²) in [5.74, 6) is 1.10. The fourth-order valence-electron chi connectivity index (χ4n) is 3.99. The second-order valence-electron chi connectivity index (χ2n) is 7.13. The van der Waals surface area contributed by atoms with Crippen LogP contribution in [0.5, 0.6) is 5.75 Å². The molecule has 2 aromatic heterocycles. The van der Waals surface area contributed by atoms with Crippen molar-refractivity contribution in [2.45, 2.75) is 25.8 Å². The number of benzene rings is 1. The lowest BCUT2D eigenvalue weighted by molar-refractivity contribution is -0.931. The number of hydrogen-bond donors (Lipinski definition) is 2. The van der Waals surface area contributed by atoms with Gasteiger partial charge in [-0.15, -0.1) is 0 Å². The molecule has 4 rings (SSSR count). The number of piperidine rings is 1. The van der Waals surface area contributed by atoms with Crippen LogP contribution in [0.2, 0.25) is 0 Å². The summed E-state index contributed by atoms with van der Waals surface area (Å²) in [6, 6.07) is 12.3. The summed E-state index contributed by atoms with van der Waals surface area (Å²) < 4.78 is 0. The van der Waals surface area contributed by atoms with Crippen molar-refractivity contribution >= 4 is 10.9 Å². The number of fused-ring (bicyclic) bond motifs is 1. The van der Waals surface area contributed by atoms with E-state index in [2.05, 4.69) is 41.2 Å². The lowest BCUT2D eigenvalue weighted by Crippen LogP contribution is -3.13. The highest BCUT2D eigenvalue weighted by Crippen LogP contribution is 2.33. The Kier molecular flexibility index (Phi) is 4.36. The van der Waals surface area contributed by atoms with E-state index in [0.29, 0.717) is 11.3 Å². The van der Waals surface area contributed by atoms with Gasteiger partial charge in [-0.05, 0) is 43.0 Å². The van der Waals surface area contributed by atoms with E-state index in [9.17, 15) is 5.11 Å². The zero-order valence-corrected chi connectivity index (χ0v) is 14.5. The molecule has 1 unspecified atom stereocenters. The Hall–Kier alpha value is -2.46. The maximum atomic E-state index is 11.0. The molecule has 2 N–H and O–H groups in total. The lowest BCUT2D eigenvalue weighted by Gasteiger charge is -2.34. The molecule has 4 nitrogen and oxygen atoms in total. The van der Waals surface area contributed by atoms with E-state index in [0.717, 1.165) is 30.0 Å². The molecule has 3 aromatic rings. The Morgan fingerprint density at radius 1 is 1.04 bits per heavy atom. The summed E-state index contributed by atoms with van der Waals surface area (Å²) in [5.41, 5.74) is 2.84. The van der Waals surface area contributed by atoms with Crippen molar-refractivity contribution in [3.05, 3.63) is 66.1 Å². The average molecular weight is 334 g/mol. The first-order valence-corrected chi connectivity index (χ1v) is 9.05. The summed E-state index contributed by atoms with van der Waals surface area (Å²) in [4.78, 5) is 10.1. The topological polar surface area (TPSA) is 50.5 Å². The molecule has 0 aliphatic carbocycles. The predicted molar refractivity (Wildman–Crippen MR) is 98.6 cm³/mol. The maximum Gasteiger partial charge on any atom is 0.151 e. The number of quaternary nitrogens is 1. The number of phenolic OH excluding ortho intramolecular Hbond substituents is 1. The largest absolute Gasteiger partial charge is 0.505 e. The number of rotatable bonds is 3. The Morgan fingerprint density at radius 3 is 2.56 bits per heavy atom. The average Bonchev–Trinajstić information content (AvgIpc) is 2.66. The van der Waals surface area contributed by atoms with Gasteiger partial charge in [-0.1, -0.05) is 19.1 Å². The quantitative estimate of drug-likeness (QED) is 0.774. The number of aromatic hydroxyl groups is 1. The van der Waals surface area contributed by atoms with Gasteiger partial charge in [0.2, 0.25) is 0 Å². The molecule has 0 radical (unpaired) electrons. The van der Waals surface area contributed by atoms with E-state index in [1.807, 2.05) is 24.5 Å². The van der Waals surface area contributed by atoms with Crippen molar-refractivity contribution in [2.24, 2.45) is 5.92 Å². The highest BCUT2D eigenvalue weighted by atomic mass is 16.3. The molecule has 0 amide bonds. The van der Waals surface area contributed by atoms with Crippen LogP contribution in [0.1, 0.15) is 36.9 Å². The number of hydrogen-bond acceptors (Lipinski definition) is 3. The molecule has 0 saturated carbocycles. The van der Waals surface area contributed by atoms with Gasteiger partial charge in [0.1, 0.15) is 11.6 Å². The second-order valence-corrected chi connectivity index (χ2v) is 7.13. The van der Waals surface area contributed by atoms with Crippen LogP contribution < -0.4 is 4.90 Å². The number of aromatic nitrogens is 2. The zero-order valence-electron chi connectivity index (χ0n) is 14.5. The van der Waals surface area contributed by atoms with Gasteiger partial charge in [0.25, 0.3) is 0 Å². The molecule has 1 saturated heterocycles. The SMILES string of the molecule is CC1CC[NH+](C(c2ccncc2)c2ccc3cccnc3c2O)CC1. The molecule has 4 heteroatoms. The molecule has 0 spiro atoms. The molecule has 1 atom stereocenters. The van der Waals surface area contributed by atoms with Crippen molar-refractivity contribution in [1.82, 2.24) is 9.97 Å². The van der Waals surface area contributed by atoms with E-state index >= 15 is 0 Å². The van der Waals surface area contributed by atoms with Crippen molar-refractivity contribution in [1.29, 1.82) is 0 Å². The Bertz CT molecular complexity index is 857. The molecule has 0 bridgehead atoms. The summed E-state index contributed by atoms with van der Waals surface area (Å²) in [6.07, 6.45) is 7.87. The first-order chi connectivity index (χ1) is 12.2. The van der Waals surface area contributed by atoms with Crippen molar-refractivity contribution in [3.63, 3.8) is 0 Å². The molecular formula is C21H24N3O+. The third-order valence-electron chi connectivity index (χ3n) is 5.45. The number of phenols is 1. The van der Waals surface area contributed by atoms with Crippen LogP contribution in [0.4, 0.5) is 0 Å². The van der Waals surface area contributed by atoms with Gasteiger partial charge in [0, 0.05) is 29.5 Å². The van der Waals surface area contributed by atoms with Gasteiger partial charge in [0.15, 0.2) is 5.75 Å². The summed E-state index contributed by atoms with van der Waals surface area (Å²) in [5, 5.41) is 11.9. The van der Waals surface area contributed by atoms with Crippen LogP contribution in [0.25, 0.3) is 10.9 Å². The lowest BCUT2D eigenvalue weighted by atomic mass is 9.91. The minimum Gasteiger partial charge on any atom is -0.505 e. The van der Waals surface area contributed by atoms with Crippen LogP contribution in [0.15, 0.2) is 55.0 Å². The van der Waals surface area contributed by atoms with Gasteiger partial charge in [-0.2, -0.15) is 0 Å². The van der Waals surface area contributed by atoms with Crippen LogP contribution in [-0.2, 0) is 0 Å². The summed E-state index contributed by atoms with van der Waals surface area (Å²) >= 11 is 0. The van der Waals surface area contributed by atoms with E-state index < -0.39 is 0 Å². The first-order valence-electron chi connectivity index (χ1n) is 9.05. The Morgan fingerprint density at radius 2 is 1.80 bits per heavy atom. The van der Waals surface area contributed by atoms with E-state index in [4.69, 9.17) is 0 Å². The molecule has 1 aliphatic rings. The van der Waals surface area contributed by atoms with E-state index in [1.165, 1.54) is 23.3 Å². The van der Waals surface area contributed by atoms with E-state index in [1.54, 1.807) is 6.20 Å². The van der Waals surface area contributed by atoms with Crippen LogP contribution in [-0.4, -0.2) is 28.2 Å². The molecule has 3 heterocycles. The van der Waals surface area contributed by atoms with Crippen molar-refractivity contribution in [2.75, 3.05) is 13.1 Å². The second kappa shape index (κ2) is 6.81. The smallest absolute Gasteiger partial charge is 0.151 e. The van der Waals surface area contributed by atoms with Crippen molar-refractivity contribution < 1.29 is 10.0 Å². The monoisotopic (exact) mass is 334 g/mol.